The molecule has 4 N–H and O–H groups in total. The normalized spacial score (nSPS) is 21.2. The van der Waals surface area contributed by atoms with Crippen LogP contribution < -0.4 is 11.5 Å². The molecule has 124 valence electrons. The van der Waals surface area contributed by atoms with Crippen molar-refractivity contribution in [3.8, 4) is 11.1 Å². The van der Waals surface area contributed by atoms with Gasteiger partial charge in [-0.25, -0.2) is 9.97 Å². The quantitative estimate of drug-likeness (QED) is 0.743. The van der Waals surface area contributed by atoms with Gasteiger partial charge in [-0.3, -0.25) is 0 Å². The molecular weight excluding hydrogens is 322 g/mol. The Bertz CT molecular complexity index is 880. The van der Waals surface area contributed by atoms with Gasteiger partial charge in [0, 0.05) is 28.9 Å². The van der Waals surface area contributed by atoms with E-state index in [0.717, 1.165) is 47.8 Å². The highest BCUT2D eigenvalue weighted by Crippen LogP contribution is 2.38. The van der Waals surface area contributed by atoms with E-state index >= 15 is 0 Å². The summed E-state index contributed by atoms with van der Waals surface area (Å²) in [4.78, 5) is 8.70. The Balaban J connectivity index is 1.88. The maximum absolute atomic E-state index is 6.18. The van der Waals surface area contributed by atoms with Crippen LogP contribution in [-0.2, 0) is 0 Å². The third-order valence-electron chi connectivity index (χ3n) is 4.91. The molecule has 1 aromatic carbocycles. The van der Waals surface area contributed by atoms with Gasteiger partial charge in [-0.1, -0.05) is 23.7 Å². The van der Waals surface area contributed by atoms with E-state index in [-0.39, 0.29) is 0 Å². The molecule has 0 aliphatic heterocycles. The predicted octanol–water partition coefficient (Wildman–Crippen LogP) is 3.78. The second kappa shape index (κ2) is 6.07. The first-order valence-corrected chi connectivity index (χ1v) is 8.64. The SMILES string of the molecule is Nc1ncnc2c1c(-c1cccc(Cl)c1)cn2C1CCC(N)CC1. The fourth-order valence-corrected chi connectivity index (χ4v) is 3.83. The molecule has 1 aliphatic rings. The molecule has 0 bridgehead atoms. The number of hydrogen-bond acceptors (Lipinski definition) is 4. The molecule has 0 saturated heterocycles. The number of benzene rings is 1. The number of nitrogens with two attached hydrogens (primary N) is 2. The van der Waals surface area contributed by atoms with Crippen molar-refractivity contribution in [2.75, 3.05) is 5.73 Å². The molecule has 5 nitrogen and oxygen atoms in total. The Hall–Kier alpha value is -2.11. The minimum absolute atomic E-state index is 0.315. The van der Waals surface area contributed by atoms with Crippen molar-refractivity contribution in [3.63, 3.8) is 0 Å². The Morgan fingerprint density at radius 1 is 1.12 bits per heavy atom. The fourth-order valence-electron chi connectivity index (χ4n) is 3.64. The van der Waals surface area contributed by atoms with Crippen molar-refractivity contribution >= 4 is 28.5 Å². The van der Waals surface area contributed by atoms with Crippen molar-refractivity contribution in [3.05, 3.63) is 41.8 Å². The zero-order chi connectivity index (χ0) is 16.7. The molecule has 6 heteroatoms. The summed E-state index contributed by atoms with van der Waals surface area (Å²) in [5.74, 6) is 0.501. The summed E-state index contributed by atoms with van der Waals surface area (Å²) in [7, 11) is 0. The van der Waals surface area contributed by atoms with E-state index in [1.165, 1.54) is 6.33 Å². The molecule has 2 heterocycles. The van der Waals surface area contributed by atoms with Crippen LogP contribution in [0.5, 0.6) is 0 Å². The lowest BCUT2D eigenvalue weighted by atomic mass is 9.92. The molecule has 0 atom stereocenters. The van der Waals surface area contributed by atoms with Gasteiger partial charge in [0.1, 0.15) is 17.8 Å². The third-order valence-corrected chi connectivity index (χ3v) is 5.14. The van der Waals surface area contributed by atoms with Crippen LogP contribution in [0, 0.1) is 0 Å². The van der Waals surface area contributed by atoms with E-state index in [1.54, 1.807) is 0 Å². The predicted molar refractivity (Wildman–Crippen MR) is 97.9 cm³/mol. The minimum atomic E-state index is 0.315. The van der Waals surface area contributed by atoms with E-state index in [4.69, 9.17) is 23.1 Å². The Morgan fingerprint density at radius 3 is 2.67 bits per heavy atom. The summed E-state index contributed by atoms with van der Waals surface area (Å²) in [6, 6.07) is 8.51. The number of nitrogens with zero attached hydrogens (tertiary/aromatic N) is 3. The Morgan fingerprint density at radius 2 is 1.92 bits per heavy atom. The van der Waals surface area contributed by atoms with Gasteiger partial charge in [-0.05, 0) is 43.4 Å². The average Bonchev–Trinajstić information content (AvgIpc) is 2.97. The zero-order valence-corrected chi connectivity index (χ0v) is 14.1. The van der Waals surface area contributed by atoms with Crippen LogP contribution in [0.25, 0.3) is 22.2 Å². The van der Waals surface area contributed by atoms with Gasteiger partial charge in [0.15, 0.2) is 0 Å². The van der Waals surface area contributed by atoms with Gasteiger partial charge in [0.05, 0.1) is 5.39 Å². The van der Waals surface area contributed by atoms with Crippen LogP contribution in [0.2, 0.25) is 5.02 Å². The van der Waals surface area contributed by atoms with Gasteiger partial charge in [-0.2, -0.15) is 0 Å². The number of aromatic nitrogens is 3. The van der Waals surface area contributed by atoms with Crippen LogP contribution in [0.1, 0.15) is 31.7 Å². The Kier molecular flexibility index (Phi) is 3.90. The van der Waals surface area contributed by atoms with Crippen LogP contribution in [0.4, 0.5) is 5.82 Å². The number of halogens is 1. The molecule has 3 aromatic rings. The van der Waals surface area contributed by atoms with Crippen LogP contribution in [0.15, 0.2) is 36.8 Å². The molecule has 0 radical (unpaired) electrons. The van der Waals surface area contributed by atoms with E-state index in [2.05, 4.69) is 20.7 Å². The first kappa shape index (κ1) is 15.4. The topological polar surface area (TPSA) is 82.8 Å². The van der Waals surface area contributed by atoms with E-state index in [0.29, 0.717) is 22.9 Å². The van der Waals surface area contributed by atoms with Gasteiger partial charge < -0.3 is 16.0 Å². The molecular formula is C18H20ClN5. The fraction of sp³-hybridized carbons (Fsp3) is 0.333. The van der Waals surface area contributed by atoms with E-state index in [9.17, 15) is 0 Å². The molecule has 1 fully saturated rings. The highest BCUT2D eigenvalue weighted by atomic mass is 35.5. The minimum Gasteiger partial charge on any atom is -0.383 e. The maximum Gasteiger partial charge on any atom is 0.146 e. The summed E-state index contributed by atoms with van der Waals surface area (Å²) < 4.78 is 2.25. The van der Waals surface area contributed by atoms with Gasteiger partial charge in [-0.15, -0.1) is 0 Å². The van der Waals surface area contributed by atoms with Gasteiger partial charge in [0.2, 0.25) is 0 Å². The van der Waals surface area contributed by atoms with Crippen molar-refractivity contribution < 1.29 is 0 Å². The largest absolute Gasteiger partial charge is 0.383 e. The summed E-state index contributed by atoms with van der Waals surface area (Å²) in [6.45, 7) is 0. The molecule has 24 heavy (non-hydrogen) atoms. The summed E-state index contributed by atoms with van der Waals surface area (Å²) in [5, 5.41) is 1.60. The second-order valence-electron chi connectivity index (χ2n) is 6.49. The van der Waals surface area contributed by atoms with Gasteiger partial charge >= 0.3 is 0 Å². The highest BCUT2D eigenvalue weighted by molar-refractivity contribution is 6.31. The van der Waals surface area contributed by atoms with Crippen LogP contribution >= 0.6 is 11.6 Å². The van der Waals surface area contributed by atoms with Gasteiger partial charge in [0.25, 0.3) is 0 Å². The smallest absolute Gasteiger partial charge is 0.146 e. The first-order valence-electron chi connectivity index (χ1n) is 8.26. The van der Waals surface area contributed by atoms with Crippen molar-refractivity contribution in [2.45, 2.75) is 37.8 Å². The van der Waals surface area contributed by atoms with Crippen molar-refractivity contribution in [1.29, 1.82) is 0 Å². The molecule has 0 spiro atoms. The first-order chi connectivity index (χ1) is 11.6. The number of anilines is 1. The highest BCUT2D eigenvalue weighted by Gasteiger charge is 2.24. The van der Waals surface area contributed by atoms with Crippen LogP contribution in [-0.4, -0.2) is 20.6 Å². The number of nitrogen functional groups attached to an aromatic ring is 1. The third kappa shape index (κ3) is 2.64. The van der Waals surface area contributed by atoms with Crippen molar-refractivity contribution in [2.24, 2.45) is 5.73 Å². The Labute approximate surface area is 145 Å². The monoisotopic (exact) mass is 341 g/mol. The zero-order valence-electron chi connectivity index (χ0n) is 13.3. The van der Waals surface area contributed by atoms with Crippen molar-refractivity contribution in [1.82, 2.24) is 14.5 Å². The summed E-state index contributed by atoms with van der Waals surface area (Å²) >= 11 is 6.17. The molecule has 0 unspecified atom stereocenters. The molecule has 2 aromatic heterocycles. The molecule has 0 amide bonds. The van der Waals surface area contributed by atoms with E-state index < -0.39 is 0 Å². The maximum atomic E-state index is 6.18. The van der Waals surface area contributed by atoms with E-state index in [1.807, 2.05) is 24.3 Å². The van der Waals surface area contributed by atoms with Crippen LogP contribution in [0.3, 0.4) is 0 Å². The lowest BCUT2D eigenvalue weighted by molar-refractivity contribution is 0.329. The molecule has 4 rings (SSSR count). The lowest BCUT2D eigenvalue weighted by Crippen LogP contribution is -2.27. The molecule has 1 aliphatic carbocycles. The number of hydrogen-bond donors (Lipinski definition) is 2. The standard InChI is InChI=1S/C18H20ClN5/c19-12-3-1-2-11(8-12)15-9-24(14-6-4-13(20)5-7-14)18-16(15)17(21)22-10-23-18/h1-3,8-10,13-14H,4-7,20H2,(H2,21,22,23). The molecule has 1 saturated carbocycles. The second-order valence-corrected chi connectivity index (χ2v) is 6.92. The average molecular weight is 342 g/mol. The lowest BCUT2D eigenvalue weighted by Gasteiger charge is -2.27. The number of rotatable bonds is 2. The summed E-state index contributed by atoms with van der Waals surface area (Å²) in [5.41, 5.74) is 15.2. The summed E-state index contributed by atoms with van der Waals surface area (Å²) in [6.07, 6.45) is 7.87. The number of fused-ring (bicyclic) bond motifs is 1.